The molecule has 3 rings (SSSR count). The first-order valence-electron chi connectivity index (χ1n) is 8.74. The SMILES string of the molecule is CCCc1ccc2nc(Cl)c(S(=O)(=O)NC(=O)Nc3nc(CO)cc(CO)n3)n2n1. The van der Waals surface area contributed by atoms with Crippen LogP contribution >= 0.6 is 11.6 Å². The number of urea groups is 1. The topological polar surface area (TPSA) is 172 Å². The quantitative estimate of drug-likeness (QED) is 0.398. The van der Waals surface area contributed by atoms with Gasteiger partial charge in [-0.1, -0.05) is 24.9 Å². The summed E-state index contributed by atoms with van der Waals surface area (Å²) in [6.07, 6.45) is 1.41. The summed E-state index contributed by atoms with van der Waals surface area (Å²) in [6.45, 7) is 1.02. The maximum atomic E-state index is 12.8. The van der Waals surface area contributed by atoms with E-state index in [9.17, 15) is 23.4 Å². The Bertz CT molecular complexity index is 1180. The van der Waals surface area contributed by atoms with Gasteiger partial charge in [0.05, 0.1) is 30.3 Å². The summed E-state index contributed by atoms with van der Waals surface area (Å²) in [6, 6.07) is 3.44. The first-order chi connectivity index (χ1) is 14.3. The molecular weight excluding hydrogens is 438 g/mol. The molecule has 0 aliphatic carbocycles. The fourth-order valence-electron chi connectivity index (χ4n) is 2.61. The summed E-state index contributed by atoms with van der Waals surface area (Å²) in [7, 11) is -4.47. The second-order valence-corrected chi connectivity index (χ2v) is 8.06. The lowest BCUT2D eigenvalue weighted by Crippen LogP contribution is -2.36. The van der Waals surface area contributed by atoms with Crippen LogP contribution in [-0.2, 0) is 29.7 Å². The number of hydrogen-bond acceptors (Lipinski definition) is 9. The third kappa shape index (κ3) is 4.64. The van der Waals surface area contributed by atoms with Crippen molar-refractivity contribution >= 4 is 39.3 Å². The fourth-order valence-corrected chi connectivity index (χ4v) is 4.10. The van der Waals surface area contributed by atoms with Crippen LogP contribution in [0.15, 0.2) is 23.2 Å². The number of carbonyl (C=O) groups is 1. The number of nitrogens with one attached hydrogen (secondary N) is 2. The van der Waals surface area contributed by atoms with E-state index in [2.05, 4.69) is 25.4 Å². The number of aliphatic hydroxyl groups is 2. The van der Waals surface area contributed by atoms with Crippen molar-refractivity contribution in [3.8, 4) is 0 Å². The van der Waals surface area contributed by atoms with Crippen LogP contribution < -0.4 is 10.0 Å². The van der Waals surface area contributed by atoms with E-state index in [1.165, 1.54) is 6.07 Å². The van der Waals surface area contributed by atoms with Crippen LogP contribution in [0.2, 0.25) is 5.15 Å². The number of aromatic nitrogens is 5. The molecule has 0 spiro atoms. The molecular formula is C16H18ClN7O5S. The molecule has 160 valence electrons. The van der Waals surface area contributed by atoms with Crippen LogP contribution in [0.3, 0.4) is 0 Å². The molecule has 3 heterocycles. The van der Waals surface area contributed by atoms with Crippen LogP contribution in [0.5, 0.6) is 0 Å². The highest BCUT2D eigenvalue weighted by Gasteiger charge is 2.28. The minimum absolute atomic E-state index is 0.129. The number of sulfonamides is 1. The Kier molecular flexibility index (Phi) is 6.45. The molecule has 0 aliphatic rings. The number of nitrogens with zero attached hydrogens (tertiary/aromatic N) is 5. The average Bonchev–Trinajstić information content (AvgIpc) is 3.03. The number of aliphatic hydroxyl groups excluding tert-OH is 2. The van der Waals surface area contributed by atoms with Gasteiger partial charge < -0.3 is 10.2 Å². The van der Waals surface area contributed by atoms with Crippen molar-refractivity contribution in [3.05, 3.63) is 40.4 Å². The lowest BCUT2D eigenvalue weighted by Gasteiger charge is -2.09. The normalized spacial score (nSPS) is 11.6. The predicted octanol–water partition coefficient (Wildman–Crippen LogP) is 0.620. The van der Waals surface area contributed by atoms with Crippen LogP contribution in [0.25, 0.3) is 5.65 Å². The van der Waals surface area contributed by atoms with Crippen LogP contribution in [0.1, 0.15) is 30.4 Å². The van der Waals surface area contributed by atoms with Crippen molar-refractivity contribution in [2.75, 3.05) is 5.32 Å². The highest BCUT2D eigenvalue weighted by Crippen LogP contribution is 2.22. The minimum atomic E-state index is -4.47. The number of imidazole rings is 1. The smallest absolute Gasteiger partial charge is 0.335 e. The summed E-state index contributed by atoms with van der Waals surface area (Å²) >= 11 is 6.00. The molecule has 0 saturated carbocycles. The van der Waals surface area contributed by atoms with Gasteiger partial charge in [0.1, 0.15) is 0 Å². The van der Waals surface area contributed by atoms with E-state index >= 15 is 0 Å². The Hall–Kier alpha value is -2.87. The Morgan fingerprint density at radius 3 is 2.40 bits per heavy atom. The summed E-state index contributed by atoms with van der Waals surface area (Å²) in [4.78, 5) is 23.9. The summed E-state index contributed by atoms with van der Waals surface area (Å²) in [5.41, 5.74) is 1.09. The third-order valence-corrected chi connectivity index (χ3v) is 5.53. The monoisotopic (exact) mass is 455 g/mol. The van der Waals surface area contributed by atoms with E-state index in [0.29, 0.717) is 12.1 Å². The second-order valence-electron chi connectivity index (χ2n) is 6.10. The van der Waals surface area contributed by atoms with E-state index in [0.717, 1.165) is 10.9 Å². The zero-order valence-electron chi connectivity index (χ0n) is 15.7. The number of aryl methyl sites for hydroxylation is 1. The molecule has 3 aromatic rings. The number of carbonyl (C=O) groups excluding carboxylic acids is 1. The highest BCUT2D eigenvalue weighted by molar-refractivity contribution is 7.90. The van der Waals surface area contributed by atoms with Gasteiger partial charge in [-0.3, -0.25) is 5.32 Å². The zero-order valence-corrected chi connectivity index (χ0v) is 17.3. The van der Waals surface area contributed by atoms with Crippen LogP contribution in [0.4, 0.5) is 10.7 Å². The second kappa shape index (κ2) is 8.87. The molecule has 2 amide bonds. The van der Waals surface area contributed by atoms with Gasteiger partial charge in [0.15, 0.2) is 10.8 Å². The van der Waals surface area contributed by atoms with Gasteiger partial charge in [0.25, 0.3) is 10.0 Å². The molecule has 0 unspecified atom stereocenters. The van der Waals surface area contributed by atoms with Crippen LogP contribution in [-0.4, -0.2) is 49.2 Å². The maximum Gasteiger partial charge on any atom is 0.335 e. The molecule has 12 nitrogen and oxygen atoms in total. The Balaban J connectivity index is 1.89. The molecule has 0 aromatic carbocycles. The Morgan fingerprint density at radius 2 is 1.80 bits per heavy atom. The van der Waals surface area contributed by atoms with Crippen molar-refractivity contribution < 1.29 is 23.4 Å². The summed E-state index contributed by atoms with van der Waals surface area (Å²) in [5.74, 6) is -0.300. The molecule has 4 N–H and O–H groups in total. The van der Waals surface area contributed by atoms with E-state index < -0.39 is 34.3 Å². The van der Waals surface area contributed by atoms with E-state index in [1.807, 2.05) is 6.92 Å². The van der Waals surface area contributed by atoms with Crippen molar-refractivity contribution in [1.82, 2.24) is 29.3 Å². The fraction of sp³-hybridized carbons (Fsp3) is 0.312. The van der Waals surface area contributed by atoms with Gasteiger partial charge >= 0.3 is 6.03 Å². The zero-order chi connectivity index (χ0) is 21.9. The number of fused-ring (bicyclic) bond motifs is 1. The van der Waals surface area contributed by atoms with Gasteiger partial charge in [-0.15, -0.1) is 0 Å². The number of amides is 2. The number of hydrogen-bond donors (Lipinski definition) is 4. The Morgan fingerprint density at radius 1 is 1.13 bits per heavy atom. The van der Waals surface area contributed by atoms with Crippen molar-refractivity contribution in [2.45, 2.75) is 38.0 Å². The first kappa shape index (κ1) is 21.8. The molecule has 30 heavy (non-hydrogen) atoms. The molecule has 0 fully saturated rings. The van der Waals surface area contributed by atoms with Gasteiger partial charge in [-0.25, -0.2) is 24.5 Å². The largest absolute Gasteiger partial charge is 0.390 e. The van der Waals surface area contributed by atoms with E-state index in [4.69, 9.17) is 11.6 Å². The Labute approximate surface area is 176 Å². The first-order valence-corrected chi connectivity index (χ1v) is 10.6. The number of halogens is 1. The maximum absolute atomic E-state index is 12.8. The van der Waals surface area contributed by atoms with Crippen molar-refractivity contribution in [1.29, 1.82) is 0 Å². The standard InChI is InChI=1S/C16H18ClN7O5S/c1-2-3-9-4-5-12-20-13(17)14(24(12)22-9)30(28,29)23-16(27)21-15-18-10(7-25)6-11(8-26)19-15/h4-6,25-26H,2-3,7-8H2,1H3,(H2,18,19,21,23,27). The molecule has 0 aliphatic heterocycles. The average molecular weight is 456 g/mol. The van der Waals surface area contributed by atoms with Crippen molar-refractivity contribution in [3.63, 3.8) is 0 Å². The van der Waals surface area contributed by atoms with E-state index in [1.54, 1.807) is 16.9 Å². The molecule has 3 aromatic heterocycles. The molecule has 0 atom stereocenters. The molecule has 0 radical (unpaired) electrons. The van der Waals surface area contributed by atoms with Gasteiger partial charge in [0.2, 0.25) is 11.0 Å². The summed E-state index contributed by atoms with van der Waals surface area (Å²) in [5, 5.41) is 23.9. The van der Waals surface area contributed by atoms with Gasteiger partial charge in [-0.05, 0) is 24.6 Å². The molecule has 14 heteroatoms. The lowest BCUT2D eigenvalue weighted by atomic mass is 10.2. The minimum Gasteiger partial charge on any atom is -0.390 e. The number of anilines is 1. The number of rotatable bonds is 7. The van der Waals surface area contributed by atoms with Crippen molar-refractivity contribution in [2.24, 2.45) is 0 Å². The molecule has 0 bridgehead atoms. The molecule has 0 saturated heterocycles. The predicted molar refractivity (Wildman–Crippen MR) is 105 cm³/mol. The van der Waals surface area contributed by atoms with E-state index in [-0.39, 0.29) is 28.1 Å². The van der Waals surface area contributed by atoms with Gasteiger partial charge in [-0.2, -0.15) is 18.0 Å². The lowest BCUT2D eigenvalue weighted by molar-refractivity contribution is 0.255. The highest BCUT2D eigenvalue weighted by atomic mass is 35.5. The van der Waals surface area contributed by atoms with Crippen LogP contribution in [0, 0.1) is 0 Å². The third-order valence-electron chi connectivity index (χ3n) is 3.82. The van der Waals surface area contributed by atoms with Gasteiger partial charge in [0, 0.05) is 0 Å². The summed E-state index contributed by atoms with van der Waals surface area (Å²) < 4.78 is 28.4.